The van der Waals surface area contributed by atoms with Crippen LogP contribution < -0.4 is 10.6 Å². The second-order valence-electron chi connectivity index (χ2n) is 8.67. The first kappa shape index (κ1) is 28.1. The van der Waals surface area contributed by atoms with Crippen LogP contribution in [0.5, 0.6) is 0 Å². The van der Waals surface area contributed by atoms with Crippen molar-refractivity contribution in [3.63, 3.8) is 0 Å². The van der Waals surface area contributed by atoms with Gasteiger partial charge in [-0.2, -0.15) is 0 Å². The third kappa shape index (κ3) is 10.5. The maximum Gasteiger partial charge on any atom is 0.191 e. The molecule has 0 saturated carbocycles. The van der Waals surface area contributed by atoms with Crippen molar-refractivity contribution in [2.45, 2.75) is 46.3 Å². The first-order valence-corrected chi connectivity index (χ1v) is 11.1. The van der Waals surface area contributed by atoms with Gasteiger partial charge in [0.2, 0.25) is 0 Å². The van der Waals surface area contributed by atoms with Crippen LogP contribution in [0.3, 0.4) is 0 Å². The summed E-state index contributed by atoms with van der Waals surface area (Å²) in [6.45, 7) is 12.9. The Morgan fingerprint density at radius 2 is 1.94 bits per heavy atom. The second kappa shape index (κ2) is 15.0. The van der Waals surface area contributed by atoms with Crippen molar-refractivity contribution in [3.8, 4) is 0 Å². The molecule has 2 rings (SSSR count). The quantitative estimate of drug-likeness (QED) is 0.267. The number of halogens is 2. The van der Waals surface area contributed by atoms with Crippen LogP contribution in [-0.2, 0) is 17.8 Å². The Bertz CT molecular complexity index is 665. The molecule has 1 saturated heterocycles. The van der Waals surface area contributed by atoms with Crippen LogP contribution >= 0.6 is 24.0 Å². The topological polar surface area (TPSA) is 52.1 Å². The lowest BCUT2D eigenvalue weighted by Gasteiger charge is -2.35. The van der Waals surface area contributed by atoms with Crippen molar-refractivity contribution in [3.05, 3.63) is 35.1 Å². The SMILES string of the molecule is CCNC(=NCc1ccc(F)c(CN(C)C)c1)NCC(CC(C)C)N1CCOCC1.I. The van der Waals surface area contributed by atoms with Crippen LogP contribution in [0.15, 0.2) is 23.2 Å². The average Bonchev–Trinajstić information content (AvgIpc) is 2.71. The molecular weight excluding hydrogens is 508 g/mol. The summed E-state index contributed by atoms with van der Waals surface area (Å²) in [5.74, 6) is 1.27. The predicted molar refractivity (Wildman–Crippen MR) is 138 cm³/mol. The number of rotatable bonds is 10. The molecule has 0 bridgehead atoms. The van der Waals surface area contributed by atoms with E-state index in [-0.39, 0.29) is 29.8 Å². The first-order chi connectivity index (χ1) is 14.4. The Morgan fingerprint density at radius 1 is 1.23 bits per heavy atom. The van der Waals surface area contributed by atoms with Crippen LogP contribution in [-0.4, -0.2) is 75.3 Å². The Kier molecular flexibility index (Phi) is 13.6. The van der Waals surface area contributed by atoms with E-state index in [0.29, 0.717) is 30.6 Å². The average molecular weight is 550 g/mol. The van der Waals surface area contributed by atoms with Gasteiger partial charge < -0.3 is 20.3 Å². The van der Waals surface area contributed by atoms with Gasteiger partial charge in [-0.15, -0.1) is 24.0 Å². The van der Waals surface area contributed by atoms with Crippen LogP contribution in [0.25, 0.3) is 0 Å². The number of benzene rings is 1. The number of nitrogens with zero attached hydrogens (tertiary/aromatic N) is 3. The summed E-state index contributed by atoms with van der Waals surface area (Å²) >= 11 is 0. The highest BCUT2D eigenvalue weighted by atomic mass is 127. The molecule has 0 radical (unpaired) electrons. The van der Waals surface area contributed by atoms with Crippen LogP contribution in [0.4, 0.5) is 4.39 Å². The minimum Gasteiger partial charge on any atom is -0.379 e. The van der Waals surface area contributed by atoms with Gasteiger partial charge in [-0.25, -0.2) is 9.38 Å². The molecule has 0 aliphatic carbocycles. The largest absolute Gasteiger partial charge is 0.379 e. The Morgan fingerprint density at radius 3 is 2.55 bits per heavy atom. The molecular formula is C23H41FIN5O. The summed E-state index contributed by atoms with van der Waals surface area (Å²) < 4.78 is 19.6. The number of nitrogens with one attached hydrogen (secondary N) is 2. The molecule has 8 heteroatoms. The Hall–Kier alpha value is -0.970. The van der Waals surface area contributed by atoms with Gasteiger partial charge in [0.05, 0.1) is 19.8 Å². The molecule has 1 aromatic carbocycles. The van der Waals surface area contributed by atoms with E-state index in [1.807, 2.05) is 31.1 Å². The Labute approximate surface area is 205 Å². The highest BCUT2D eigenvalue weighted by Gasteiger charge is 2.22. The number of hydrogen-bond donors (Lipinski definition) is 2. The number of ether oxygens (including phenoxy) is 1. The predicted octanol–water partition coefficient (Wildman–Crippen LogP) is 3.31. The monoisotopic (exact) mass is 549 g/mol. The third-order valence-corrected chi connectivity index (χ3v) is 5.17. The fraction of sp³-hybridized carbons (Fsp3) is 0.696. The number of aliphatic imine (C=N–C) groups is 1. The third-order valence-electron chi connectivity index (χ3n) is 5.17. The van der Waals surface area contributed by atoms with Gasteiger partial charge in [0.1, 0.15) is 5.82 Å². The lowest BCUT2D eigenvalue weighted by atomic mass is 10.0. The van der Waals surface area contributed by atoms with Crippen molar-refractivity contribution < 1.29 is 9.13 Å². The number of guanidine groups is 1. The molecule has 1 fully saturated rings. The van der Waals surface area contributed by atoms with Gasteiger partial charge >= 0.3 is 0 Å². The van der Waals surface area contributed by atoms with Crippen molar-refractivity contribution >= 4 is 29.9 Å². The number of morpholine rings is 1. The standard InChI is InChI=1S/C23H40FN5O.HI/c1-6-25-23(26-15-19-7-8-22(24)20(14-19)17-28(4)5)27-16-21(13-18(2)3)29-9-11-30-12-10-29;/h7-8,14,18,21H,6,9-13,15-17H2,1-5H3,(H2,25,26,27);1H. The summed E-state index contributed by atoms with van der Waals surface area (Å²) in [7, 11) is 3.89. The van der Waals surface area contributed by atoms with Crippen LogP contribution in [0.1, 0.15) is 38.3 Å². The van der Waals surface area contributed by atoms with Gasteiger partial charge in [0.25, 0.3) is 0 Å². The minimum absolute atomic E-state index is 0. The summed E-state index contributed by atoms with van der Waals surface area (Å²) in [5.41, 5.74) is 1.72. The summed E-state index contributed by atoms with van der Waals surface area (Å²) in [4.78, 5) is 9.24. The van der Waals surface area contributed by atoms with E-state index in [4.69, 9.17) is 9.73 Å². The molecule has 31 heavy (non-hydrogen) atoms. The molecule has 0 aromatic heterocycles. The van der Waals surface area contributed by atoms with Gasteiger partial charge in [-0.3, -0.25) is 4.90 Å². The summed E-state index contributed by atoms with van der Waals surface area (Å²) in [6.07, 6.45) is 1.14. The van der Waals surface area contributed by atoms with Gasteiger partial charge in [-0.1, -0.05) is 19.9 Å². The van der Waals surface area contributed by atoms with E-state index in [9.17, 15) is 4.39 Å². The van der Waals surface area contributed by atoms with E-state index >= 15 is 0 Å². The van der Waals surface area contributed by atoms with Crippen LogP contribution in [0.2, 0.25) is 0 Å². The zero-order valence-electron chi connectivity index (χ0n) is 19.8. The molecule has 6 nitrogen and oxygen atoms in total. The molecule has 0 spiro atoms. The van der Waals surface area contributed by atoms with Gasteiger partial charge in [0, 0.05) is 44.3 Å². The smallest absolute Gasteiger partial charge is 0.191 e. The van der Waals surface area contributed by atoms with E-state index in [1.54, 1.807) is 6.07 Å². The molecule has 178 valence electrons. The second-order valence-corrected chi connectivity index (χ2v) is 8.67. The maximum absolute atomic E-state index is 14.0. The summed E-state index contributed by atoms with van der Waals surface area (Å²) in [6, 6.07) is 5.73. The lowest BCUT2D eigenvalue weighted by Crippen LogP contribution is -2.51. The van der Waals surface area contributed by atoms with Crippen LogP contribution in [0, 0.1) is 11.7 Å². The van der Waals surface area contributed by atoms with E-state index in [2.05, 4.69) is 36.3 Å². The fourth-order valence-corrected chi connectivity index (χ4v) is 3.76. The van der Waals surface area contributed by atoms with Crippen molar-refractivity contribution in [2.24, 2.45) is 10.9 Å². The van der Waals surface area contributed by atoms with Gasteiger partial charge in [0.15, 0.2) is 5.96 Å². The summed E-state index contributed by atoms with van der Waals surface area (Å²) in [5, 5.41) is 6.86. The van der Waals surface area contributed by atoms with Crippen molar-refractivity contribution in [2.75, 3.05) is 53.5 Å². The molecule has 1 heterocycles. The van der Waals surface area contributed by atoms with E-state index in [1.165, 1.54) is 0 Å². The molecule has 1 aromatic rings. The van der Waals surface area contributed by atoms with Gasteiger partial charge in [-0.05, 0) is 51.1 Å². The normalized spacial score (nSPS) is 16.3. The molecule has 2 N–H and O–H groups in total. The zero-order chi connectivity index (χ0) is 21.9. The molecule has 1 aliphatic rings. The van der Waals surface area contributed by atoms with E-state index < -0.39 is 0 Å². The fourth-order valence-electron chi connectivity index (χ4n) is 3.76. The molecule has 1 unspecified atom stereocenters. The molecule has 1 aliphatic heterocycles. The highest BCUT2D eigenvalue weighted by molar-refractivity contribution is 14.0. The Balaban J connectivity index is 0.00000480. The molecule has 0 amide bonds. The lowest BCUT2D eigenvalue weighted by molar-refractivity contribution is 0.0132. The van der Waals surface area contributed by atoms with E-state index in [0.717, 1.165) is 57.3 Å². The first-order valence-electron chi connectivity index (χ1n) is 11.1. The van der Waals surface area contributed by atoms with Crippen molar-refractivity contribution in [1.29, 1.82) is 0 Å². The maximum atomic E-state index is 14.0. The minimum atomic E-state index is -0.163. The zero-order valence-corrected chi connectivity index (χ0v) is 22.1. The van der Waals surface area contributed by atoms with Crippen molar-refractivity contribution in [1.82, 2.24) is 20.4 Å². The molecule has 1 atom stereocenters. The number of hydrogen-bond acceptors (Lipinski definition) is 4. The highest BCUT2D eigenvalue weighted by Crippen LogP contribution is 2.14.